The average molecular weight is 472 g/mol. The summed E-state index contributed by atoms with van der Waals surface area (Å²) in [7, 11) is 0. The Hall–Kier alpha value is -1.77. The molecule has 0 radical (unpaired) electrons. The maximum atomic E-state index is 11.8. The average Bonchev–Trinajstić information content (AvgIpc) is 3.10. The molecule has 0 saturated carbocycles. The highest BCUT2D eigenvalue weighted by atomic mass is 127. The summed E-state index contributed by atoms with van der Waals surface area (Å²) in [6.07, 6.45) is 4.39. The number of unbranched alkanes of at least 4 members (excludes halogenated alkanes) is 1. The predicted octanol–water partition coefficient (Wildman–Crippen LogP) is 2.95. The van der Waals surface area contributed by atoms with E-state index in [4.69, 9.17) is 4.42 Å². The van der Waals surface area contributed by atoms with Gasteiger partial charge in [0.1, 0.15) is 5.76 Å². The lowest BCUT2D eigenvalue weighted by atomic mass is 10.3. The smallest absolute Gasteiger partial charge is 0.250 e. The van der Waals surface area contributed by atoms with Gasteiger partial charge in [0.25, 0.3) is 5.56 Å². The zero-order valence-corrected chi connectivity index (χ0v) is 17.9. The minimum absolute atomic E-state index is 0. The van der Waals surface area contributed by atoms with E-state index < -0.39 is 0 Å². The SMILES string of the molecule is CCNC(=NCCCCn1c(C)cccc1=O)NCCc1ccco1.I. The van der Waals surface area contributed by atoms with Crippen LogP contribution in [0.5, 0.6) is 0 Å². The van der Waals surface area contributed by atoms with E-state index in [1.807, 2.05) is 36.6 Å². The molecule has 7 heteroatoms. The highest BCUT2D eigenvalue weighted by Gasteiger charge is 2.01. The highest BCUT2D eigenvalue weighted by molar-refractivity contribution is 14.0. The first-order valence-corrected chi connectivity index (χ1v) is 8.91. The topological polar surface area (TPSA) is 71.6 Å². The Kier molecular flexibility index (Phi) is 10.8. The maximum absolute atomic E-state index is 11.8. The van der Waals surface area contributed by atoms with Crippen LogP contribution in [0.4, 0.5) is 0 Å². The molecule has 0 bridgehead atoms. The van der Waals surface area contributed by atoms with E-state index in [0.717, 1.165) is 62.9 Å². The second-order valence-electron chi connectivity index (χ2n) is 5.88. The molecule has 0 aliphatic carbocycles. The van der Waals surface area contributed by atoms with Crippen molar-refractivity contribution in [2.75, 3.05) is 19.6 Å². The van der Waals surface area contributed by atoms with Crippen LogP contribution in [0.1, 0.15) is 31.2 Å². The fourth-order valence-electron chi connectivity index (χ4n) is 2.58. The molecule has 0 amide bonds. The molecule has 0 unspecified atom stereocenters. The summed E-state index contributed by atoms with van der Waals surface area (Å²) >= 11 is 0. The van der Waals surface area contributed by atoms with E-state index in [0.29, 0.717) is 0 Å². The number of aryl methyl sites for hydroxylation is 1. The van der Waals surface area contributed by atoms with E-state index in [2.05, 4.69) is 15.6 Å². The zero-order valence-electron chi connectivity index (χ0n) is 15.5. The van der Waals surface area contributed by atoms with Gasteiger partial charge in [-0.3, -0.25) is 9.79 Å². The number of guanidine groups is 1. The number of aromatic nitrogens is 1. The molecule has 0 aliphatic rings. The van der Waals surface area contributed by atoms with Crippen LogP contribution in [0, 0.1) is 6.92 Å². The first kappa shape index (κ1) is 22.3. The molecule has 2 N–H and O–H groups in total. The largest absolute Gasteiger partial charge is 0.469 e. The molecule has 0 atom stereocenters. The molecule has 0 aliphatic heterocycles. The number of furan rings is 1. The van der Waals surface area contributed by atoms with Gasteiger partial charge in [0.2, 0.25) is 0 Å². The molecule has 26 heavy (non-hydrogen) atoms. The van der Waals surface area contributed by atoms with Gasteiger partial charge in [-0.1, -0.05) is 6.07 Å². The monoisotopic (exact) mass is 472 g/mol. The lowest BCUT2D eigenvalue weighted by molar-refractivity contribution is 0.506. The summed E-state index contributed by atoms with van der Waals surface area (Å²) in [6, 6.07) is 9.24. The van der Waals surface area contributed by atoms with Gasteiger partial charge in [0, 0.05) is 44.4 Å². The van der Waals surface area contributed by atoms with Crippen molar-refractivity contribution < 1.29 is 4.42 Å². The normalized spacial score (nSPS) is 11.1. The van der Waals surface area contributed by atoms with Crippen molar-refractivity contribution in [2.45, 2.75) is 39.7 Å². The molecule has 6 nitrogen and oxygen atoms in total. The zero-order chi connectivity index (χ0) is 17.9. The third-order valence-electron chi connectivity index (χ3n) is 3.92. The van der Waals surface area contributed by atoms with Gasteiger partial charge in [0.05, 0.1) is 6.26 Å². The number of nitrogens with zero attached hydrogens (tertiary/aromatic N) is 2. The first-order chi connectivity index (χ1) is 12.2. The van der Waals surface area contributed by atoms with Crippen molar-refractivity contribution in [1.29, 1.82) is 0 Å². The lowest BCUT2D eigenvalue weighted by Gasteiger charge is -2.11. The number of pyridine rings is 1. The van der Waals surface area contributed by atoms with Crippen molar-refractivity contribution >= 4 is 29.9 Å². The number of hydrogen-bond donors (Lipinski definition) is 2. The Morgan fingerprint density at radius 1 is 1.19 bits per heavy atom. The van der Waals surface area contributed by atoms with Crippen molar-refractivity contribution in [3.63, 3.8) is 0 Å². The summed E-state index contributed by atoms with van der Waals surface area (Å²) in [5.41, 5.74) is 1.07. The van der Waals surface area contributed by atoms with Gasteiger partial charge in [-0.05, 0) is 44.9 Å². The summed E-state index contributed by atoms with van der Waals surface area (Å²) in [4.78, 5) is 16.4. The Labute approximate surface area is 172 Å². The van der Waals surface area contributed by atoms with Crippen molar-refractivity contribution in [1.82, 2.24) is 15.2 Å². The predicted molar refractivity (Wildman–Crippen MR) is 116 cm³/mol. The van der Waals surface area contributed by atoms with Crippen molar-refractivity contribution in [3.8, 4) is 0 Å². The Bertz CT molecular complexity index is 711. The highest BCUT2D eigenvalue weighted by Crippen LogP contribution is 2.00. The van der Waals surface area contributed by atoms with Crippen LogP contribution in [-0.2, 0) is 13.0 Å². The summed E-state index contributed by atoms with van der Waals surface area (Å²) in [5.74, 6) is 1.79. The van der Waals surface area contributed by atoms with Crippen LogP contribution in [0.2, 0.25) is 0 Å². The Morgan fingerprint density at radius 3 is 2.73 bits per heavy atom. The molecule has 2 rings (SSSR count). The van der Waals surface area contributed by atoms with Crippen LogP contribution in [0.25, 0.3) is 0 Å². The van der Waals surface area contributed by atoms with Gasteiger partial charge in [0.15, 0.2) is 5.96 Å². The fourth-order valence-corrected chi connectivity index (χ4v) is 2.58. The molecule has 0 fully saturated rings. The minimum atomic E-state index is 0. The van der Waals surface area contributed by atoms with Gasteiger partial charge < -0.3 is 19.6 Å². The number of rotatable bonds is 9. The second kappa shape index (κ2) is 12.6. The van der Waals surface area contributed by atoms with Gasteiger partial charge in [-0.2, -0.15) is 0 Å². The Balaban J connectivity index is 0.00000338. The molecule has 144 valence electrons. The first-order valence-electron chi connectivity index (χ1n) is 8.91. The lowest BCUT2D eigenvalue weighted by Crippen LogP contribution is -2.38. The quantitative estimate of drug-likeness (QED) is 0.255. The number of hydrogen-bond acceptors (Lipinski definition) is 3. The van der Waals surface area contributed by atoms with E-state index in [-0.39, 0.29) is 29.5 Å². The molecule has 0 saturated heterocycles. The molecule has 0 spiro atoms. The second-order valence-corrected chi connectivity index (χ2v) is 5.88. The molecular formula is C19H29IN4O2. The van der Waals surface area contributed by atoms with Crippen LogP contribution in [0.3, 0.4) is 0 Å². The summed E-state index contributed by atoms with van der Waals surface area (Å²) in [6.45, 7) is 7.09. The maximum Gasteiger partial charge on any atom is 0.250 e. The third kappa shape index (κ3) is 7.63. The van der Waals surface area contributed by atoms with Gasteiger partial charge in [-0.15, -0.1) is 24.0 Å². The summed E-state index contributed by atoms with van der Waals surface area (Å²) < 4.78 is 7.14. The fraction of sp³-hybridized carbons (Fsp3) is 0.474. The Morgan fingerprint density at radius 2 is 2.04 bits per heavy atom. The minimum Gasteiger partial charge on any atom is -0.469 e. The van der Waals surface area contributed by atoms with Crippen molar-refractivity contribution in [2.24, 2.45) is 4.99 Å². The molecule has 2 aromatic heterocycles. The van der Waals surface area contributed by atoms with Gasteiger partial charge in [-0.25, -0.2) is 0 Å². The number of nitrogens with one attached hydrogen (secondary N) is 2. The number of aliphatic imine (C=N–C) groups is 1. The molecular weight excluding hydrogens is 443 g/mol. The van der Waals surface area contributed by atoms with Crippen LogP contribution in [0.15, 0.2) is 50.8 Å². The summed E-state index contributed by atoms with van der Waals surface area (Å²) in [5, 5.41) is 6.55. The number of halogens is 1. The van der Waals surface area contributed by atoms with Crippen LogP contribution >= 0.6 is 24.0 Å². The van der Waals surface area contributed by atoms with Crippen LogP contribution in [-0.4, -0.2) is 30.2 Å². The van der Waals surface area contributed by atoms with E-state index >= 15 is 0 Å². The van der Waals surface area contributed by atoms with Crippen molar-refractivity contribution in [3.05, 3.63) is 58.4 Å². The molecule has 0 aromatic carbocycles. The molecule has 2 heterocycles. The van der Waals surface area contributed by atoms with E-state index in [1.165, 1.54) is 0 Å². The third-order valence-corrected chi connectivity index (χ3v) is 3.92. The van der Waals surface area contributed by atoms with Gasteiger partial charge >= 0.3 is 0 Å². The standard InChI is InChI=1S/C19H28N4O2.HI/c1-3-20-19(22-13-11-17-9-7-15-25-17)21-12-4-5-14-23-16(2)8-6-10-18(23)24;/h6-10,15H,3-5,11-14H2,1-2H3,(H2,20,21,22);1H. The van der Waals surface area contributed by atoms with E-state index in [9.17, 15) is 4.79 Å². The van der Waals surface area contributed by atoms with E-state index in [1.54, 1.807) is 18.4 Å². The molecule has 2 aromatic rings. The van der Waals surface area contributed by atoms with Crippen LogP contribution < -0.4 is 16.2 Å².